The summed E-state index contributed by atoms with van der Waals surface area (Å²) in [6.45, 7) is -0.126. The highest BCUT2D eigenvalue weighted by Gasteiger charge is 2.19. The van der Waals surface area contributed by atoms with E-state index in [1.165, 1.54) is 27.4 Å². The Bertz CT molecular complexity index is 365. The summed E-state index contributed by atoms with van der Waals surface area (Å²) in [6.07, 6.45) is 0.237. The molecule has 1 N–H and O–H groups in total. The van der Waals surface area contributed by atoms with Crippen LogP contribution in [0, 0.1) is 5.82 Å². The Kier molecular flexibility index (Phi) is 4.37. The second-order valence-electron chi connectivity index (χ2n) is 3.08. The minimum Gasteiger partial charge on any atom is -0.493 e. The molecule has 1 aromatic rings. The van der Waals surface area contributed by atoms with Gasteiger partial charge in [-0.2, -0.15) is 0 Å². The largest absolute Gasteiger partial charge is 0.493 e. The van der Waals surface area contributed by atoms with Crippen LogP contribution in [0.5, 0.6) is 17.2 Å². The van der Waals surface area contributed by atoms with Crippen LogP contribution in [0.1, 0.15) is 5.56 Å². The van der Waals surface area contributed by atoms with Gasteiger partial charge in [0.2, 0.25) is 0 Å². The Balaban J connectivity index is 3.40. The molecule has 0 aromatic heterocycles. The van der Waals surface area contributed by atoms with Gasteiger partial charge in [0.25, 0.3) is 0 Å². The van der Waals surface area contributed by atoms with Gasteiger partial charge in [-0.3, -0.25) is 0 Å². The van der Waals surface area contributed by atoms with Gasteiger partial charge in [0.1, 0.15) is 0 Å². The second-order valence-corrected chi connectivity index (χ2v) is 3.08. The molecular formula is C11H15FO4. The lowest BCUT2D eigenvalue weighted by Gasteiger charge is -2.16. The molecule has 0 amide bonds. The minimum atomic E-state index is -0.538. The van der Waals surface area contributed by atoms with E-state index in [1.807, 2.05) is 0 Å². The van der Waals surface area contributed by atoms with Crippen LogP contribution in [0.3, 0.4) is 0 Å². The predicted octanol–water partition coefficient (Wildman–Crippen LogP) is 1.39. The SMILES string of the molecule is COc1cc(F)c(OC)c(CCO)c1OC. The lowest BCUT2D eigenvalue weighted by Crippen LogP contribution is -2.04. The number of aliphatic hydroxyl groups excluding tert-OH is 1. The van der Waals surface area contributed by atoms with Crippen LogP contribution >= 0.6 is 0 Å². The van der Waals surface area contributed by atoms with E-state index >= 15 is 0 Å². The smallest absolute Gasteiger partial charge is 0.169 e. The highest BCUT2D eigenvalue weighted by molar-refractivity contribution is 5.54. The van der Waals surface area contributed by atoms with E-state index in [0.717, 1.165) is 0 Å². The molecule has 0 unspecified atom stereocenters. The van der Waals surface area contributed by atoms with E-state index in [4.69, 9.17) is 19.3 Å². The Morgan fingerprint density at radius 1 is 1.12 bits per heavy atom. The highest BCUT2D eigenvalue weighted by atomic mass is 19.1. The van der Waals surface area contributed by atoms with Gasteiger partial charge in [0.05, 0.1) is 21.3 Å². The number of hydrogen-bond acceptors (Lipinski definition) is 4. The van der Waals surface area contributed by atoms with Crippen molar-refractivity contribution in [2.75, 3.05) is 27.9 Å². The summed E-state index contributed by atoms with van der Waals surface area (Å²) in [4.78, 5) is 0. The number of methoxy groups -OCH3 is 3. The van der Waals surface area contributed by atoms with E-state index in [0.29, 0.717) is 11.3 Å². The number of aliphatic hydroxyl groups is 1. The molecule has 90 valence electrons. The molecule has 1 aromatic carbocycles. The van der Waals surface area contributed by atoms with Crippen molar-refractivity contribution in [3.63, 3.8) is 0 Å². The zero-order chi connectivity index (χ0) is 12.1. The molecule has 0 fully saturated rings. The lowest BCUT2D eigenvalue weighted by molar-refractivity contribution is 0.287. The first-order valence-corrected chi connectivity index (χ1v) is 4.77. The van der Waals surface area contributed by atoms with Gasteiger partial charge < -0.3 is 19.3 Å². The molecule has 5 heteroatoms. The molecule has 0 saturated carbocycles. The number of benzene rings is 1. The van der Waals surface area contributed by atoms with Crippen molar-refractivity contribution >= 4 is 0 Å². The molecule has 0 radical (unpaired) electrons. The fourth-order valence-electron chi connectivity index (χ4n) is 1.58. The van der Waals surface area contributed by atoms with Crippen LogP contribution in [0.25, 0.3) is 0 Å². The first kappa shape index (κ1) is 12.6. The minimum absolute atomic E-state index is 0.0756. The molecule has 16 heavy (non-hydrogen) atoms. The maximum Gasteiger partial charge on any atom is 0.169 e. The standard InChI is InChI=1S/C11H15FO4/c1-14-9-6-8(12)10(15-2)7(4-5-13)11(9)16-3/h6,13H,4-5H2,1-3H3. The Hall–Kier alpha value is -1.49. The maximum atomic E-state index is 13.6. The molecule has 0 aliphatic heterocycles. The van der Waals surface area contributed by atoms with Crippen LogP contribution in [0.4, 0.5) is 4.39 Å². The Labute approximate surface area is 93.6 Å². The molecule has 1 rings (SSSR count). The summed E-state index contributed by atoms with van der Waals surface area (Å²) in [5.41, 5.74) is 0.462. The van der Waals surface area contributed by atoms with Crippen molar-refractivity contribution in [2.45, 2.75) is 6.42 Å². The maximum absolute atomic E-state index is 13.6. The van der Waals surface area contributed by atoms with Crippen LogP contribution < -0.4 is 14.2 Å². The van der Waals surface area contributed by atoms with Crippen LogP contribution in [-0.4, -0.2) is 33.0 Å². The fourth-order valence-corrected chi connectivity index (χ4v) is 1.58. The molecular weight excluding hydrogens is 215 g/mol. The topological polar surface area (TPSA) is 47.9 Å². The van der Waals surface area contributed by atoms with Crippen LogP contribution in [0.2, 0.25) is 0 Å². The van der Waals surface area contributed by atoms with E-state index < -0.39 is 5.82 Å². The molecule has 0 aliphatic carbocycles. The third kappa shape index (κ3) is 2.19. The van der Waals surface area contributed by atoms with E-state index in [-0.39, 0.29) is 24.5 Å². The third-order valence-electron chi connectivity index (χ3n) is 2.24. The normalized spacial score (nSPS) is 10.1. The number of hydrogen-bond donors (Lipinski definition) is 1. The molecule has 4 nitrogen and oxygen atoms in total. The Morgan fingerprint density at radius 2 is 1.75 bits per heavy atom. The van der Waals surface area contributed by atoms with Crippen LogP contribution in [-0.2, 0) is 6.42 Å². The molecule has 0 bridgehead atoms. The predicted molar refractivity (Wildman–Crippen MR) is 56.8 cm³/mol. The summed E-state index contributed by atoms with van der Waals surface area (Å²) in [5.74, 6) is 0.203. The van der Waals surface area contributed by atoms with Gasteiger partial charge in [0, 0.05) is 24.7 Å². The quantitative estimate of drug-likeness (QED) is 0.830. The van der Waals surface area contributed by atoms with Crippen molar-refractivity contribution in [2.24, 2.45) is 0 Å². The van der Waals surface area contributed by atoms with Crippen LogP contribution in [0.15, 0.2) is 6.07 Å². The van der Waals surface area contributed by atoms with E-state index in [9.17, 15) is 4.39 Å². The summed E-state index contributed by atoms with van der Waals surface area (Å²) in [7, 11) is 4.24. The molecule has 0 spiro atoms. The fraction of sp³-hybridized carbons (Fsp3) is 0.455. The van der Waals surface area contributed by atoms with Crippen molar-refractivity contribution in [1.29, 1.82) is 0 Å². The Morgan fingerprint density at radius 3 is 2.19 bits per heavy atom. The molecule has 0 atom stereocenters. The zero-order valence-electron chi connectivity index (χ0n) is 9.54. The highest BCUT2D eigenvalue weighted by Crippen LogP contribution is 2.39. The van der Waals surface area contributed by atoms with E-state index in [1.54, 1.807) is 0 Å². The van der Waals surface area contributed by atoms with Crippen molar-refractivity contribution in [3.05, 3.63) is 17.4 Å². The second kappa shape index (κ2) is 5.55. The lowest BCUT2D eigenvalue weighted by atomic mass is 10.1. The third-order valence-corrected chi connectivity index (χ3v) is 2.24. The average Bonchev–Trinajstić information content (AvgIpc) is 2.29. The summed E-state index contributed by atoms with van der Waals surface area (Å²) < 4.78 is 28.7. The zero-order valence-corrected chi connectivity index (χ0v) is 9.54. The summed E-state index contributed by atoms with van der Waals surface area (Å²) in [5, 5.41) is 8.94. The van der Waals surface area contributed by atoms with Gasteiger partial charge in [-0.15, -0.1) is 0 Å². The summed E-state index contributed by atoms with van der Waals surface area (Å²) >= 11 is 0. The van der Waals surface area contributed by atoms with Gasteiger partial charge in [-0.25, -0.2) is 4.39 Å². The van der Waals surface area contributed by atoms with Crippen molar-refractivity contribution in [1.82, 2.24) is 0 Å². The van der Waals surface area contributed by atoms with Crippen molar-refractivity contribution in [3.8, 4) is 17.2 Å². The van der Waals surface area contributed by atoms with Gasteiger partial charge in [-0.05, 0) is 0 Å². The van der Waals surface area contributed by atoms with E-state index in [2.05, 4.69) is 0 Å². The first-order valence-electron chi connectivity index (χ1n) is 4.77. The molecule has 0 heterocycles. The van der Waals surface area contributed by atoms with Gasteiger partial charge >= 0.3 is 0 Å². The monoisotopic (exact) mass is 230 g/mol. The van der Waals surface area contributed by atoms with Gasteiger partial charge in [-0.1, -0.05) is 0 Å². The number of ether oxygens (including phenoxy) is 3. The van der Waals surface area contributed by atoms with Gasteiger partial charge in [0.15, 0.2) is 23.1 Å². The first-order chi connectivity index (χ1) is 7.69. The molecule has 0 saturated heterocycles. The molecule has 0 aliphatic rings. The number of rotatable bonds is 5. The average molecular weight is 230 g/mol. The summed E-state index contributed by atoms with van der Waals surface area (Å²) in [6, 6.07) is 1.19. The number of halogens is 1. The van der Waals surface area contributed by atoms with Crippen molar-refractivity contribution < 1.29 is 23.7 Å².